The van der Waals surface area contributed by atoms with Crippen molar-refractivity contribution in [1.82, 2.24) is 14.9 Å². The summed E-state index contributed by atoms with van der Waals surface area (Å²) in [5.41, 5.74) is 1.83. The molecule has 0 radical (unpaired) electrons. The van der Waals surface area contributed by atoms with E-state index in [1.807, 2.05) is 62.4 Å². The molecular weight excluding hydrogens is 400 g/mol. The molecule has 0 spiro atoms. The van der Waals surface area contributed by atoms with Crippen LogP contribution in [0, 0.1) is 4.77 Å². The smallest absolute Gasteiger partial charge is 0.216 e. The zero-order valence-electron chi connectivity index (χ0n) is 13.8. The Bertz CT molecular complexity index is 961. The van der Waals surface area contributed by atoms with Crippen LogP contribution in [-0.4, -0.2) is 27.2 Å². The van der Waals surface area contributed by atoms with Crippen LogP contribution in [0.3, 0.4) is 0 Å². The van der Waals surface area contributed by atoms with Crippen molar-refractivity contribution >= 4 is 34.4 Å². The molecule has 7 heteroatoms. The number of benzene rings is 2. The number of aromatic amines is 1. The van der Waals surface area contributed by atoms with Gasteiger partial charge in [-0.2, -0.15) is 14.9 Å². The second-order valence-corrected chi connectivity index (χ2v) is 6.96. The van der Waals surface area contributed by atoms with Crippen LogP contribution in [0.15, 0.2) is 58.1 Å². The monoisotopic (exact) mass is 416 g/mol. The van der Waals surface area contributed by atoms with E-state index in [9.17, 15) is 0 Å². The zero-order valence-corrected chi connectivity index (χ0v) is 16.2. The molecular formula is C18H17BrN4OS. The topological polar surface area (TPSA) is 55.2 Å². The Kier molecular flexibility index (Phi) is 5.45. The molecule has 0 aliphatic heterocycles. The van der Waals surface area contributed by atoms with Crippen LogP contribution < -0.4 is 4.74 Å². The predicted molar refractivity (Wildman–Crippen MR) is 106 cm³/mol. The van der Waals surface area contributed by atoms with E-state index in [4.69, 9.17) is 17.0 Å². The fraction of sp³-hybridized carbons (Fsp3) is 0.167. The van der Waals surface area contributed by atoms with E-state index in [1.54, 1.807) is 10.9 Å². The van der Waals surface area contributed by atoms with Gasteiger partial charge in [0.1, 0.15) is 5.75 Å². The largest absolute Gasteiger partial charge is 0.491 e. The summed E-state index contributed by atoms with van der Waals surface area (Å²) >= 11 is 8.76. The second-order valence-electron chi connectivity index (χ2n) is 5.66. The number of rotatable bonds is 5. The average molecular weight is 417 g/mol. The van der Waals surface area contributed by atoms with Gasteiger partial charge in [0.25, 0.3) is 0 Å². The number of halogens is 1. The normalized spacial score (nSPS) is 11.4. The highest BCUT2D eigenvalue weighted by atomic mass is 79.9. The molecule has 0 fully saturated rings. The highest BCUT2D eigenvalue weighted by Crippen LogP contribution is 2.23. The highest BCUT2D eigenvalue weighted by Gasteiger charge is 2.09. The van der Waals surface area contributed by atoms with Crippen LogP contribution in [0.1, 0.15) is 19.4 Å². The Balaban J connectivity index is 1.96. The summed E-state index contributed by atoms with van der Waals surface area (Å²) < 4.78 is 8.77. The number of hydrogen-bond donors (Lipinski definition) is 1. The van der Waals surface area contributed by atoms with E-state index >= 15 is 0 Å². The van der Waals surface area contributed by atoms with Crippen molar-refractivity contribution in [1.29, 1.82) is 0 Å². The van der Waals surface area contributed by atoms with E-state index in [2.05, 4.69) is 31.2 Å². The van der Waals surface area contributed by atoms with Gasteiger partial charge in [-0.3, -0.25) is 0 Å². The van der Waals surface area contributed by atoms with Crippen molar-refractivity contribution in [2.75, 3.05) is 0 Å². The van der Waals surface area contributed by atoms with Crippen molar-refractivity contribution in [3.63, 3.8) is 0 Å². The van der Waals surface area contributed by atoms with Gasteiger partial charge in [-0.15, -0.1) is 0 Å². The third-order valence-electron chi connectivity index (χ3n) is 3.29. The lowest BCUT2D eigenvalue weighted by Gasteiger charge is -2.10. The van der Waals surface area contributed by atoms with Gasteiger partial charge in [0.15, 0.2) is 5.82 Å². The fourth-order valence-corrected chi connectivity index (χ4v) is 2.87. The van der Waals surface area contributed by atoms with Gasteiger partial charge in [-0.1, -0.05) is 40.2 Å². The number of H-pyrrole nitrogens is 1. The lowest BCUT2D eigenvalue weighted by molar-refractivity contribution is 0.242. The van der Waals surface area contributed by atoms with Gasteiger partial charge >= 0.3 is 0 Å². The maximum atomic E-state index is 5.75. The van der Waals surface area contributed by atoms with E-state index < -0.39 is 0 Å². The summed E-state index contributed by atoms with van der Waals surface area (Å²) in [5, 5.41) is 11.6. The van der Waals surface area contributed by atoms with Gasteiger partial charge in [-0.05, 0) is 55.9 Å². The van der Waals surface area contributed by atoms with Gasteiger partial charge in [0.05, 0.1) is 12.3 Å². The molecule has 25 heavy (non-hydrogen) atoms. The highest BCUT2D eigenvalue weighted by molar-refractivity contribution is 9.10. The third kappa shape index (κ3) is 4.43. The molecule has 2 aromatic carbocycles. The van der Waals surface area contributed by atoms with Crippen LogP contribution in [0.5, 0.6) is 5.75 Å². The number of ether oxygens (including phenoxy) is 1. The molecule has 0 aliphatic rings. The number of nitrogens with one attached hydrogen (secondary N) is 1. The number of hydrogen-bond acceptors (Lipinski definition) is 4. The Hall–Kier alpha value is -2.25. The van der Waals surface area contributed by atoms with Crippen molar-refractivity contribution in [3.05, 3.63) is 63.3 Å². The molecule has 0 aliphatic carbocycles. The minimum Gasteiger partial charge on any atom is -0.491 e. The number of nitrogens with zero attached hydrogens (tertiary/aromatic N) is 3. The van der Waals surface area contributed by atoms with Crippen molar-refractivity contribution < 1.29 is 4.74 Å². The lowest BCUT2D eigenvalue weighted by Crippen LogP contribution is -2.05. The van der Waals surface area contributed by atoms with Crippen molar-refractivity contribution in [2.24, 2.45) is 5.10 Å². The van der Waals surface area contributed by atoms with E-state index in [0.717, 1.165) is 21.3 Å². The molecule has 0 bridgehead atoms. The molecule has 0 saturated carbocycles. The summed E-state index contributed by atoms with van der Waals surface area (Å²) in [6.45, 7) is 3.98. The number of aromatic nitrogens is 3. The zero-order chi connectivity index (χ0) is 17.8. The molecule has 0 unspecified atom stereocenters. The molecule has 0 saturated heterocycles. The molecule has 3 rings (SSSR count). The molecule has 1 heterocycles. The Morgan fingerprint density at radius 2 is 2.04 bits per heavy atom. The van der Waals surface area contributed by atoms with Crippen LogP contribution in [0.25, 0.3) is 11.4 Å². The SMILES string of the molecule is CC(C)Oc1cccc(-c2n[nH]c(=S)n2/N=C/c2cccc(Br)c2)c1. The molecule has 128 valence electrons. The molecule has 1 aromatic heterocycles. The predicted octanol–water partition coefficient (Wildman–Crippen LogP) is 5.04. The Morgan fingerprint density at radius 1 is 1.24 bits per heavy atom. The van der Waals surface area contributed by atoms with Gasteiger partial charge < -0.3 is 4.74 Å². The van der Waals surface area contributed by atoms with E-state index in [1.165, 1.54) is 0 Å². The van der Waals surface area contributed by atoms with Crippen LogP contribution in [0.4, 0.5) is 0 Å². The first-order valence-electron chi connectivity index (χ1n) is 7.77. The van der Waals surface area contributed by atoms with Gasteiger partial charge in [-0.25, -0.2) is 5.10 Å². The third-order valence-corrected chi connectivity index (χ3v) is 4.04. The maximum absolute atomic E-state index is 5.75. The average Bonchev–Trinajstić information content (AvgIpc) is 2.93. The van der Waals surface area contributed by atoms with E-state index in [-0.39, 0.29) is 6.10 Å². The van der Waals surface area contributed by atoms with Crippen molar-refractivity contribution in [2.45, 2.75) is 20.0 Å². The standard InChI is InChI=1S/C18H17BrN4OS/c1-12(2)24-16-8-4-6-14(10-16)17-21-22-18(25)23(17)20-11-13-5-3-7-15(19)9-13/h3-12H,1-2H3,(H,22,25)/b20-11+. The first-order valence-corrected chi connectivity index (χ1v) is 8.97. The quantitative estimate of drug-likeness (QED) is 0.468. The summed E-state index contributed by atoms with van der Waals surface area (Å²) in [6, 6.07) is 15.6. The van der Waals surface area contributed by atoms with Gasteiger partial charge in [0, 0.05) is 10.0 Å². The molecule has 0 amide bonds. The Morgan fingerprint density at radius 3 is 2.80 bits per heavy atom. The molecule has 3 aromatic rings. The second kappa shape index (κ2) is 7.76. The summed E-state index contributed by atoms with van der Waals surface area (Å²) in [7, 11) is 0. The molecule has 1 N–H and O–H groups in total. The molecule has 0 atom stereocenters. The van der Waals surface area contributed by atoms with Gasteiger partial charge in [0.2, 0.25) is 4.77 Å². The minimum absolute atomic E-state index is 0.102. The first kappa shape index (κ1) is 17.6. The Labute approximate surface area is 159 Å². The fourth-order valence-electron chi connectivity index (χ4n) is 2.28. The maximum Gasteiger partial charge on any atom is 0.216 e. The summed E-state index contributed by atoms with van der Waals surface area (Å²) in [5.74, 6) is 1.41. The summed E-state index contributed by atoms with van der Waals surface area (Å²) in [4.78, 5) is 0. The minimum atomic E-state index is 0.102. The lowest BCUT2D eigenvalue weighted by atomic mass is 10.2. The van der Waals surface area contributed by atoms with Crippen LogP contribution in [-0.2, 0) is 0 Å². The summed E-state index contributed by atoms with van der Waals surface area (Å²) in [6.07, 6.45) is 1.85. The first-order chi connectivity index (χ1) is 12.0. The van der Waals surface area contributed by atoms with E-state index in [0.29, 0.717) is 10.6 Å². The van der Waals surface area contributed by atoms with Crippen LogP contribution >= 0.6 is 28.1 Å². The molecule has 5 nitrogen and oxygen atoms in total. The van der Waals surface area contributed by atoms with Crippen molar-refractivity contribution in [3.8, 4) is 17.1 Å². The van der Waals surface area contributed by atoms with Crippen LogP contribution in [0.2, 0.25) is 0 Å².